The van der Waals surface area contributed by atoms with Gasteiger partial charge in [-0.3, -0.25) is 9.27 Å². The molecule has 2 aromatic carbocycles. The monoisotopic (exact) mass is 505 g/mol. The van der Waals surface area contributed by atoms with Gasteiger partial charge in [0.2, 0.25) is 10.0 Å². The number of hydrogen-bond donors (Lipinski definition) is 3. The summed E-state index contributed by atoms with van der Waals surface area (Å²) < 4.78 is 59.1. The fourth-order valence-corrected chi connectivity index (χ4v) is 4.36. The number of sulfonamides is 1. The van der Waals surface area contributed by atoms with Crippen LogP contribution in [0.4, 0.5) is 5.82 Å². The number of halogens is 2. The Balaban J connectivity index is 2.25. The number of carboxylic acids is 1. The molecule has 1 heterocycles. The second-order valence-electron chi connectivity index (χ2n) is 6.30. The standard InChI is InChI=1S/C17H13Cl2N3O7S2/c1-30(25,26)21-15-8-14(9-3-2-4-11(5-9)31(27,28)29)20-22(15)16-12(18)6-10(17(23)24)7-13(16)19/h2-8,21H,1H3,(H,23,24)(H,27,28,29). The van der Waals surface area contributed by atoms with Crippen LogP contribution in [-0.2, 0) is 20.1 Å². The highest BCUT2D eigenvalue weighted by molar-refractivity contribution is 7.92. The Hall–Kier alpha value is -2.64. The summed E-state index contributed by atoms with van der Waals surface area (Å²) in [5, 5.41) is 13.2. The molecule has 1 aromatic heterocycles. The first-order valence-corrected chi connectivity index (χ1v) is 12.2. The molecule has 0 bridgehead atoms. The van der Waals surface area contributed by atoms with Gasteiger partial charge in [-0.2, -0.15) is 13.5 Å². The molecule has 0 aliphatic heterocycles. The van der Waals surface area contributed by atoms with E-state index >= 15 is 0 Å². The molecule has 14 heteroatoms. The summed E-state index contributed by atoms with van der Waals surface area (Å²) in [7, 11) is -8.27. The Morgan fingerprint density at radius 1 is 1.06 bits per heavy atom. The summed E-state index contributed by atoms with van der Waals surface area (Å²) >= 11 is 12.4. The van der Waals surface area contributed by atoms with Gasteiger partial charge >= 0.3 is 5.97 Å². The Kier molecular flexibility index (Phi) is 6.04. The first-order chi connectivity index (χ1) is 14.3. The molecular formula is C17H13Cl2N3O7S2. The van der Waals surface area contributed by atoms with Gasteiger partial charge in [-0.1, -0.05) is 35.3 Å². The Morgan fingerprint density at radius 2 is 1.68 bits per heavy atom. The molecule has 10 nitrogen and oxygen atoms in total. The number of aromatic carboxylic acids is 1. The van der Waals surface area contributed by atoms with E-state index in [-0.39, 0.29) is 43.3 Å². The van der Waals surface area contributed by atoms with E-state index in [4.69, 9.17) is 28.3 Å². The molecule has 0 saturated carbocycles. The maximum atomic E-state index is 11.8. The first-order valence-electron chi connectivity index (χ1n) is 8.15. The van der Waals surface area contributed by atoms with Gasteiger partial charge in [0.15, 0.2) is 0 Å². The fourth-order valence-electron chi connectivity index (χ4n) is 2.66. The number of nitrogens with one attached hydrogen (secondary N) is 1. The first kappa shape index (κ1) is 23.0. The highest BCUT2D eigenvalue weighted by Gasteiger charge is 2.21. The van der Waals surface area contributed by atoms with Crippen molar-refractivity contribution in [3.63, 3.8) is 0 Å². The van der Waals surface area contributed by atoms with Crippen molar-refractivity contribution in [2.24, 2.45) is 0 Å². The molecule has 0 spiro atoms. The lowest BCUT2D eigenvalue weighted by atomic mass is 10.1. The number of anilines is 1. The maximum Gasteiger partial charge on any atom is 0.335 e. The summed E-state index contributed by atoms with van der Waals surface area (Å²) in [6.45, 7) is 0. The lowest BCUT2D eigenvalue weighted by Crippen LogP contribution is -2.14. The number of carbonyl (C=O) groups is 1. The van der Waals surface area contributed by atoms with E-state index in [1.54, 1.807) is 0 Å². The van der Waals surface area contributed by atoms with Gasteiger partial charge in [0.25, 0.3) is 10.1 Å². The van der Waals surface area contributed by atoms with Gasteiger partial charge < -0.3 is 5.11 Å². The zero-order valence-electron chi connectivity index (χ0n) is 15.4. The van der Waals surface area contributed by atoms with Gasteiger partial charge in [0, 0.05) is 11.6 Å². The zero-order chi connectivity index (χ0) is 23.1. The lowest BCUT2D eigenvalue weighted by molar-refractivity contribution is 0.0697. The fraction of sp³-hybridized carbons (Fsp3) is 0.0588. The zero-order valence-corrected chi connectivity index (χ0v) is 18.6. The van der Waals surface area contributed by atoms with Crippen LogP contribution in [0.5, 0.6) is 0 Å². The Labute approximate surface area is 186 Å². The van der Waals surface area contributed by atoms with E-state index < -0.39 is 26.1 Å². The number of aromatic nitrogens is 2. The number of benzene rings is 2. The van der Waals surface area contributed by atoms with Gasteiger partial charge in [-0.25, -0.2) is 17.9 Å². The highest BCUT2D eigenvalue weighted by Crippen LogP contribution is 2.34. The second kappa shape index (κ2) is 8.13. The molecule has 3 rings (SSSR count). The van der Waals surface area contributed by atoms with Crippen LogP contribution in [0.3, 0.4) is 0 Å². The average molecular weight is 506 g/mol. The molecule has 0 aliphatic rings. The molecule has 0 unspecified atom stereocenters. The minimum atomic E-state index is -4.49. The Bertz CT molecular complexity index is 1390. The Morgan fingerprint density at radius 3 is 2.19 bits per heavy atom. The summed E-state index contributed by atoms with van der Waals surface area (Å²) in [6, 6.07) is 8.70. The second-order valence-corrected chi connectivity index (χ2v) is 10.3. The summed E-state index contributed by atoms with van der Waals surface area (Å²) in [5.74, 6) is -1.37. The van der Waals surface area contributed by atoms with Crippen LogP contribution >= 0.6 is 23.2 Å². The largest absolute Gasteiger partial charge is 0.478 e. The molecule has 31 heavy (non-hydrogen) atoms. The quantitative estimate of drug-likeness (QED) is 0.431. The van der Waals surface area contributed by atoms with Crippen molar-refractivity contribution >= 4 is 55.1 Å². The molecule has 0 aliphatic carbocycles. The number of hydrogen-bond acceptors (Lipinski definition) is 6. The average Bonchev–Trinajstić information content (AvgIpc) is 3.02. The third-order valence-electron chi connectivity index (χ3n) is 3.90. The maximum absolute atomic E-state index is 11.8. The van der Waals surface area contributed by atoms with Gasteiger partial charge in [0.05, 0.1) is 32.5 Å². The topological polar surface area (TPSA) is 156 Å². The van der Waals surface area contributed by atoms with Crippen molar-refractivity contribution in [1.82, 2.24) is 9.78 Å². The van der Waals surface area contributed by atoms with Crippen molar-refractivity contribution in [2.45, 2.75) is 4.90 Å². The number of rotatable bonds is 6. The van der Waals surface area contributed by atoms with E-state index in [0.717, 1.165) is 29.1 Å². The van der Waals surface area contributed by atoms with Gasteiger partial charge in [-0.05, 0) is 24.3 Å². The van der Waals surface area contributed by atoms with Crippen molar-refractivity contribution < 1.29 is 31.3 Å². The van der Waals surface area contributed by atoms with Crippen LogP contribution in [0.25, 0.3) is 16.9 Å². The van der Waals surface area contributed by atoms with Crippen LogP contribution in [0.1, 0.15) is 10.4 Å². The van der Waals surface area contributed by atoms with E-state index in [0.29, 0.717) is 0 Å². The van der Waals surface area contributed by atoms with Crippen LogP contribution in [0, 0.1) is 0 Å². The van der Waals surface area contributed by atoms with Crippen molar-refractivity contribution in [2.75, 3.05) is 11.0 Å². The molecule has 164 valence electrons. The summed E-state index contributed by atoms with van der Waals surface area (Å²) in [4.78, 5) is 10.8. The van der Waals surface area contributed by atoms with Gasteiger partial charge in [0.1, 0.15) is 11.5 Å². The van der Waals surface area contributed by atoms with Crippen LogP contribution < -0.4 is 4.72 Å². The van der Waals surface area contributed by atoms with E-state index in [1.807, 2.05) is 0 Å². The number of nitrogens with zero attached hydrogens (tertiary/aromatic N) is 2. The minimum absolute atomic E-state index is 0.00309. The third kappa shape index (κ3) is 5.17. The molecule has 0 atom stereocenters. The molecule has 3 N–H and O–H groups in total. The van der Waals surface area contributed by atoms with E-state index in [2.05, 4.69) is 9.82 Å². The van der Waals surface area contributed by atoms with Crippen molar-refractivity contribution in [3.05, 3.63) is 58.1 Å². The highest BCUT2D eigenvalue weighted by atomic mass is 35.5. The third-order valence-corrected chi connectivity index (χ3v) is 5.91. The van der Waals surface area contributed by atoms with Crippen LogP contribution in [0.15, 0.2) is 47.4 Å². The molecule has 3 aromatic rings. The predicted octanol–water partition coefficient (Wildman–Crippen LogP) is 3.16. The number of carboxylic acid groups (broad SMARTS) is 1. The molecule has 0 saturated heterocycles. The lowest BCUT2D eigenvalue weighted by Gasteiger charge is -2.12. The van der Waals surface area contributed by atoms with Crippen molar-refractivity contribution in [1.29, 1.82) is 0 Å². The minimum Gasteiger partial charge on any atom is -0.478 e. The van der Waals surface area contributed by atoms with Gasteiger partial charge in [-0.15, -0.1) is 0 Å². The van der Waals surface area contributed by atoms with Crippen molar-refractivity contribution in [3.8, 4) is 16.9 Å². The smallest absolute Gasteiger partial charge is 0.335 e. The predicted molar refractivity (Wildman–Crippen MR) is 114 cm³/mol. The summed E-state index contributed by atoms with van der Waals surface area (Å²) in [5.41, 5.74) is 0.159. The summed E-state index contributed by atoms with van der Waals surface area (Å²) in [6.07, 6.45) is 0.902. The molecular weight excluding hydrogens is 493 g/mol. The SMILES string of the molecule is CS(=O)(=O)Nc1cc(-c2cccc(S(=O)(=O)O)c2)nn1-c1c(Cl)cc(C(=O)O)cc1Cl. The molecule has 0 fully saturated rings. The normalized spacial score (nSPS) is 12.0. The van der Waals surface area contributed by atoms with E-state index in [9.17, 15) is 26.2 Å². The van der Waals surface area contributed by atoms with Crippen LogP contribution in [-0.4, -0.2) is 48.5 Å². The van der Waals surface area contributed by atoms with E-state index in [1.165, 1.54) is 24.3 Å². The molecule has 0 amide bonds. The molecule has 0 radical (unpaired) electrons. The van der Waals surface area contributed by atoms with Crippen LogP contribution in [0.2, 0.25) is 10.0 Å².